The zero-order valence-electron chi connectivity index (χ0n) is 24.1. The Hall–Kier alpha value is -4.50. The Morgan fingerprint density at radius 3 is 2.44 bits per heavy atom. The number of thiazole rings is 1. The smallest absolute Gasteiger partial charge is 0.271 e. The maximum Gasteiger partial charge on any atom is 0.271 e. The van der Waals surface area contributed by atoms with Gasteiger partial charge < -0.3 is 9.88 Å². The van der Waals surface area contributed by atoms with Crippen molar-refractivity contribution in [1.29, 1.82) is 0 Å². The maximum absolute atomic E-state index is 14.3. The number of rotatable bonds is 6. The summed E-state index contributed by atoms with van der Waals surface area (Å²) in [7, 11) is 0. The lowest BCUT2D eigenvalue weighted by molar-refractivity contribution is -0.113. The summed E-state index contributed by atoms with van der Waals surface area (Å²) in [5, 5.41) is 4.61. The molecule has 9 heteroatoms. The Balaban J connectivity index is 1.35. The number of fused-ring (bicyclic) bond motifs is 2. The number of hydrogen-bond acceptors (Lipinski definition) is 4. The van der Waals surface area contributed by atoms with E-state index in [9.17, 15) is 9.59 Å². The summed E-state index contributed by atoms with van der Waals surface area (Å²) in [6.45, 7) is 2.51. The molecule has 0 bridgehead atoms. The molecule has 6 nitrogen and oxygen atoms in total. The molecule has 0 saturated carbocycles. The Bertz CT molecular complexity index is 2290. The van der Waals surface area contributed by atoms with Gasteiger partial charge in [0.1, 0.15) is 0 Å². The number of allylic oxidation sites excluding steroid dienone is 1. The third-order valence-electron chi connectivity index (χ3n) is 7.86. The molecular weight excluding hydrogens is 668 g/mol. The molecule has 0 radical (unpaired) electrons. The van der Waals surface area contributed by atoms with Gasteiger partial charge in [-0.15, -0.1) is 0 Å². The van der Waals surface area contributed by atoms with Crippen molar-refractivity contribution in [3.05, 3.63) is 166 Å². The van der Waals surface area contributed by atoms with Crippen LogP contribution >= 0.6 is 38.9 Å². The number of anilines is 1. The molecule has 2 aromatic heterocycles. The normalized spacial score (nSPS) is 14.8. The Labute approximate surface area is 276 Å². The standard InChI is InChI=1S/C36H26BrClN4O2S/c1-22-32(34(43)40-28-7-3-2-4-8-28)33(24-13-17-27(38)18-14-24)42-35(44)31(45-36(42)39-22)19-25-21-41(30-10-6-5-9-29(25)30)20-23-11-15-26(37)16-12-23/h2-19,21,33H,20H2,1H3,(H,40,43)/b31-19+/t33-/m0/s1. The average Bonchev–Trinajstić information content (AvgIpc) is 3.54. The number of nitrogens with one attached hydrogen (secondary N) is 1. The molecule has 0 fully saturated rings. The van der Waals surface area contributed by atoms with Crippen LogP contribution in [0.1, 0.15) is 29.7 Å². The lowest BCUT2D eigenvalue weighted by Gasteiger charge is -2.25. The van der Waals surface area contributed by atoms with Gasteiger partial charge in [0.25, 0.3) is 11.5 Å². The summed E-state index contributed by atoms with van der Waals surface area (Å²) in [5.74, 6) is -0.312. The van der Waals surface area contributed by atoms with Crippen molar-refractivity contribution in [2.45, 2.75) is 19.5 Å². The van der Waals surface area contributed by atoms with Crippen LogP contribution in [0.3, 0.4) is 0 Å². The highest BCUT2D eigenvalue weighted by Gasteiger charge is 2.32. The van der Waals surface area contributed by atoms with Crippen molar-refractivity contribution in [1.82, 2.24) is 9.13 Å². The predicted octanol–water partition coefficient (Wildman–Crippen LogP) is 7.29. The van der Waals surface area contributed by atoms with E-state index in [0.29, 0.717) is 37.9 Å². The van der Waals surface area contributed by atoms with Gasteiger partial charge in [0.05, 0.1) is 21.8 Å². The van der Waals surface area contributed by atoms with Gasteiger partial charge in [0.2, 0.25) is 0 Å². The lowest BCUT2D eigenvalue weighted by atomic mass is 9.95. The second-order valence-corrected chi connectivity index (χ2v) is 13.2. The van der Waals surface area contributed by atoms with E-state index in [2.05, 4.69) is 56.3 Å². The van der Waals surface area contributed by atoms with Gasteiger partial charge in [-0.05, 0) is 66.6 Å². The van der Waals surface area contributed by atoms with E-state index in [1.165, 1.54) is 16.9 Å². The fourth-order valence-corrected chi connectivity index (χ4v) is 7.17. The summed E-state index contributed by atoms with van der Waals surface area (Å²) >= 11 is 11.1. The number of carbonyl (C=O) groups excluding carboxylic acids is 1. The fourth-order valence-electron chi connectivity index (χ4n) is 5.74. The molecule has 222 valence electrons. The summed E-state index contributed by atoms with van der Waals surface area (Å²) in [5.41, 5.74) is 5.38. The maximum atomic E-state index is 14.3. The molecule has 1 aliphatic heterocycles. The van der Waals surface area contributed by atoms with Crippen molar-refractivity contribution in [2.75, 3.05) is 5.32 Å². The largest absolute Gasteiger partial charge is 0.342 e. The van der Waals surface area contributed by atoms with Crippen molar-refractivity contribution < 1.29 is 4.79 Å². The number of nitrogens with zero attached hydrogens (tertiary/aromatic N) is 3. The first-order chi connectivity index (χ1) is 21.9. The first-order valence-corrected chi connectivity index (χ1v) is 16.3. The molecule has 6 aromatic rings. The quantitative estimate of drug-likeness (QED) is 0.199. The summed E-state index contributed by atoms with van der Waals surface area (Å²) in [6.07, 6.45) is 4.03. The van der Waals surface area contributed by atoms with E-state index < -0.39 is 6.04 Å². The van der Waals surface area contributed by atoms with Crippen LogP contribution in [0.25, 0.3) is 17.0 Å². The van der Waals surface area contributed by atoms with Crippen LogP contribution in [0, 0.1) is 0 Å². The molecule has 1 aliphatic rings. The van der Waals surface area contributed by atoms with Crippen molar-refractivity contribution in [3.8, 4) is 0 Å². The Morgan fingerprint density at radius 1 is 0.978 bits per heavy atom. The second kappa shape index (κ2) is 12.1. The molecule has 1 amide bonds. The zero-order chi connectivity index (χ0) is 31.1. The minimum Gasteiger partial charge on any atom is -0.342 e. The van der Waals surface area contributed by atoms with Crippen LogP contribution in [-0.2, 0) is 11.3 Å². The Kier molecular flexibility index (Phi) is 7.87. The SMILES string of the molecule is CC1=C(C(=O)Nc2ccccc2)[C@H](c2ccc(Cl)cc2)n2c(s/c(=C/c3cn(Cc4ccc(Br)cc4)c4ccccc34)c2=O)=N1. The van der Waals surface area contributed by atoms with Gasteiger partial charge in [-0.2, -0.15) is 0 Å². The molecule has 0 saturated heterocycles. The van der Waals surface area contributed by atoms with Crippen LogP contribution in [0.15, 0.2) is 135 Å². The van der Waals surface area contributed by atoms with E-state index in [-0.39, 0.29) is 11.5 Å². The van der Waals surface area contributed by atoms with Gasteiger partial charge in [0, 0.05) is 44.4 Å². The number of para-hydroxylation sites is 2. The highest BCUT2D eigenvalue weighted by molar-refractivity contribution is 9.10. The Morgan fingerprint density at radius 2 is 1.69 bits per heavy atom. The van der Waals surface area contributed by atoms with Gasteiger partial charge in [0.15, 0.2) is 4.80 Å². The molecule has 1 atom stereocenters. The number of halogens is 2. The van der Waals surface area contributed by atoms with Crippen LogP contribution in [-0.4, -0.2) is 15.0 Å². The van der Waals surface area contributed by atoms with E-state index in [1.807, 2.05) is 79.7 Å². The molecule has 7 rings (SSSR count). The molecule has 3 heterocycles. The van der Waals surface area contributed by atoms with Crippen LogP contribution in [0.2, 0.25) is 5.02 Å². The monoisotopic (exact) mass is 692 g/mol. The van der Waals surface area contributed by atoms with Crippen molar-refractivity contribution in [3.63, 3.8) is 0 Å². The summed E-state index contributed by atoms with van der Waals surface area (Å²) < 4.78 is 5.41. The molecule has 45 heavy (non-hydrogen) atoms. The fraction of sp³-hybridized carbons (Fsp3) is 0.0833. The average molecular weight is 694 g/mol. The minimum absolute atomic E-state index is 0.207. The first kappa shape index (κ1) is 29.2. The first-order valence-electron chi connectivity index (χ1n) is 14.3. The van der Waals surface area contributed by atoms with Gasteiger partial charge in [-0.3, -0.25) is 14.2 Å². The topological polar surface area (TPSA) is 68.4 Å². The van der Waals surface area contributed by atoms with Crippen molar-refractivity contribution >= 4 is 67.4 Å². The van der Waals surface area contributed by atoms with E-state index in [1.54, 1.807) is 16.7 Å². The van der Waals surface area contributed by atoms with Gasteiger partial charge in [-0.25, -0.2) is 4.99 Å². The molecule has 0 unspecified atom stereocenters. The highest BCUT2D eigenvalue weighted by Crippen LogP contribution is 2.31. The number of carbonyl (C=O) groups is 1. The van der Waals surface area contributed by atoms with E-state index in [0.717, 1.165) is 26.5 Å². The highest BCUT2D eigenvalue weighted by atomic mass is 79.9. The number of benzene rings is 4. The number of hydrogen-bond donors (Lipinski definition) is 1. The predicted molar refractivity (Wildman–Crippen MR) is 185 cm³/mol. The van der Waals surface area contributed by atoms with Crippen LogP contribution < -0.4 is 20.2 Å². The molecular formula is C36H26BrClN4O2S. The minimum atomic E-state index is -0.678. The van der Waals surface area contributed by atoms with E-state index >= 15 is 0 Å². The van der Waals surface area contributed by atoms with Gasteiger partial charge in [-0.1, -0.05) is 99.5 Å². The number of amides is 1. The lowest BCUT2D eigenvalue weighted by Crippen LogP contribution is -2.40. The zero-order valence-corrected chi connectivity index (χ0v) is 27.2. The summed E-state index contributed by atoms with van der Waals surface area (Å²) in [6, 6.07) is 32.3. The van der Waals surface area contributed by atoms with E-state index in [4.69, 9.17) is 16.6 Å². The van der Waals surface area contributed by atoms with Crippen LogP contribution in [0.4, 0.5) is 5.69 Å². The third kappa shape index (κ3) is 5.73. The molecule has 0 aliphatic carbocycles. The third-order valence-corrected chi connectivity index (χ3v) is 9.62. The molecule has 4 aromatic carbocycles. The summed E-state index contributed by atoms with van der Waals surface area (Å²) in [4.78, 5) is 33.4. The molecule has 1 N–H and O–H groups in total. The van der Waals surface area contributed by atoms with Crippen molar-refractivity contribution in [2.24, 2.45) is 4.99 Å². The van der Waals surface area contributed by atoms with Crippen LogP contribution in [0.5, 0.6) is 0 Å². The van der Waals surface area contributed by atoms with Gasteiger partial charge >= 0.3 is 0 Å². The number of aromatic nitrogens is 2. The molecule has 0 spiro atoms. The second-order valence-electron chi connectivity index (χ2n) is 10.8.